The van der Waals surface area contributed by atoms with E-state index in [0.29, 0.717) is 19.4 Å². The molecule has 1 aliphatic heterocycles. The maximum absolute atomic E-state index is 12.3. The smallest absolute Gasteiger partial charge is 0.336 e. The van der Waals surface area contributed by atoms with Crippen LogP contribution in [0.25, 0.3) is 0 Å². The van der Waals surface area contributed by atoms with Gasteiger partial charge in [-0.15, -0.1) is 11.3 Å². The van der Waals surface area contributed by atoms with Gasteiger partial charge < -0.3 is 10.2 Å². The largest absolute Gasteiger partial charge is 0.478 e. The Kier molecular flexibility index (Phi) is 3.71. The molecule has 0 bridgehead atoms. The summed E-state index contributed by atoms with van der Waals surface area (Å²) in [6, 6.07) is 0.764. The third-order valence-electron chi connectivity index (χ3n) is 2.92. The number of carboxylic acid groups (broad SMARTS) is 1. The molecule has 0 aromatic carbocycles. The van der Waals surface area contributed by atoms with Gasteiger partial charge in [0.25, 0.3) is 10.0 Å². The highest BCUT2D eigenvalue weighted by Crippen LogP contribution is 2.29. The molecule has 2 heterocycles. The summed E-state index contributed by atoms with van der Waals surface area (Å²) in [6.45, 7) is 0.157. The minimum absolute atomic E-state index is 0.0141. The number of nitrogens with zero attached hydrogens (tertiary/aromatic N) is 1. The number of sulfonamides is 1. The molecular weight excluding hydrogens is 278 g/mol. The molecule has 1 aliphatic rings. The van der Waals surface area contributed by atoms with E-state index >= 15 is 0 Å². The predicted molar refractivity (Wildman–Crippen MR) is 65.3 cm³/mol. The van der Waals surface area contributed by atoms with Gasteiger partial charge >= 0.3 is 5.97 Å². The third-order valence-corrected chi connectivity index (χ3v) is 6.29. The molecule has 2 N–H and O–H groups in total. The van der Waals surface area contributed by atoms with Crippen LogP contribution in [-0.4, -0.2) is 48.1 Å². The van der Waals surface area contributed by atoms with E-state index in [9.17, 15) is 13.2 Å². The number of hydrogen-bond acceptors (Lipinski definition) is 5. The molecule has 1 fully saturated rings. The predicted octanol–water partition coefficient (Wildman–Crippen LogP) is 0.592. The number of carboxylic acids is 1. The monoisotopic (exact) mass is 291 g/mol. The molecule has 0 amide bonds. The second-order valence-corrected chi connectivity index (χ2v) is 7.08. The number of aliphatic hydroxyl groups is 1. The van der Waals surface area contributed by atoms with Crippen LogP contribution in [0.1, 0.15) is 23.2 Å². The molecule has 0 saturated carbocycles. The number of hydrogen-bond donors (Lipinski definition) is 2. The van der Waals surface area contributed by atoms with Gasteiger partial charge in [0.05, 0.1) is 12.2 Å². The first-order valence-electron chi connectivity index (χ1n) is 5.41. The average molecular weight is 291 g/mol. The zero-order chi connectivity index (χ0) is 13.3. The Balaban J connectivity index is 2.32. The van der Waals surface area contributed by atoms with Crippen molar-refractivity contribution >= 4 is 27.3 Å². The van der Waals surface area contributed by atoms with Crippen molar-refractivity contribution in [2.45, 2.75) is 23.1 Å². The topological polar surface area (TPSA) is 94.9 Å². The molecule has 100 valence electrons. The fourth-order valence-electron chi connectivity index (χ4n) is 1.99. The summed E-state index contributed by atoms with van der Waals surface area (Å²) in [6.07, 6.45) is 1.34. The van der Waals surface area contributed by atoms with Crippen LogP contribution in [0, 0.1) is 0 Å². The van der Waals surface area contributed by atoms with E-state index in [0.717, 1.165) is 17.4 Å². The summed E-state index contributed by atoms with van der Waals surface area (Å²) in [4.78, 5) is 10.7. The molecule has 8 heteroatoms. The fourth-order valence-corrected chi connectivity index (χ4v) is 4.95. The Morgan fingerprint density at radius 2 is 2.28 bits per heavy atom. The highest BCUT2D eigenvalue weighted by Gasteiger charge is 2.35. The Hall–Kier alpha value is -0.960. The Morgan fingerprint density at radius 1 is 1.56 bits per heavy atom. The lowest BCUT2D eigenvalue weighted by Crippen LogP contribution is -2.37. The van der Waals surface area contributed by atoms with Crippen LogP contribution in [-0.2, 0) is 10.0 Å². The standard InChI is InChI=1S/C10H13NO5S2/c12-5-8-2-1-3-11(8)18(15,16)9-4-7(6-17-9)10(13)14/h4,6,8,12H,1-3,5H2,(H,13,14)/t8-/m0/s1. The quantitative estimate of drug-likeness (QED) is 0.846. The van der Waals surface area contributed by atoms with Gasteiger partial charge in [-0.05, 0) is 18.9 Å². The minimum atomic E-state index is -3.68. The van der Waals surface area contributed by atoms with Crippen LogP contribution in [0.15, 0.2) is 15.7 Å². The van der Waals surface area contributed by atoms with Crippen LogP contribution < -0.4 is 0 Å². The van der Waals surface area contributed by atoms with Crippen molar-refractivity contribution in [1.29, 1.82) is 0 Å². The molecule has 1 saturated heterocycles. The van der Waals surface area contributed by atoms with Gasteiger partial charge in [-0.2, -0.15) is 4.31 Å². The average Bonchev–Trinajstić information content (AvgIpc) is 2.98. The van der Waals surface area contributed by atoms with Crippen LogP contribution in [0.5, 0.6) is 0 Å². The van der Waals surface area contributed by atoms with Crippen molar-refractivity contribution in [1.82, 2.24) is 4.31 Å². The van der Waals surface area contributed by atoms with Gasteiger partial charge in [0.15, 0.2) is 0 Å². The van der Waals surface area contributed by atoms with Gasteiger partial charge in [0, 0.05) is 18.0 Å². The second-order valence-electron chi connectivity index (χ2n) is 4.05. The number of rotatable bonds is 4. The molecule has 2 rings (SSSR count). The third kappa shape index (κ3) is 2.28. The van der Waals surface area contributed by atoms with E-state index in [4.69, 9.17) is 10.2 Å². The molecule has 0 unspecified atom stereocenters. The van der Waals surface area contributed by atoms with Crippen LogP contribution in [0.2, 0.25) is 0 Å². The zero-order valence-corrected chi connectivity index (χ0v) is 11.1. The summed E-state index contributed by atoms with van der Waals surface area (Å²) in [5.41, 5.74) is -0.0293. The molecule has 6 nitrogen and oxygen atoms in total. The van der Waals surface area contributed by atoms with Crippen LogP contribution >= 0.6 is 11.3 Å². The summed E-state index contributed by atoms with van der Waals surface area (Å²) in [5.74, 6) is -1.15. The van der Waals surface area contributed by atoms with E-state index in [-0.39, 0.29) is 16.4 Å². The lowest BCUT2D eigenvalue weighted by atomic mass is 10.2. The maximum Gasteiger partial charge on any atom is 0.336 e. The van der Waals surface area contributed by atoms with Gasteiger partial charge in [-0.1, -0.05) is 0 Å². The summed E-state index contributed by atoms with van der Waals surface area (Å²) in [7, 11) is -3.68. The van der Waals surface area contributed by atoms with E-state index in [1.54, 1.807) is 0 Å². The molecule has 0 radical (unpaired) electrons. The molecular formula is C10H13NO5S2. The lowest BCUT2D eigenvalue weighted by Gasteiger charge is -2.21. The first-order chi connectivity index (χ1) is 8.46. The first kappa shape index (κ1) is 13.5. The molecule has 1 aromatic rings. The normalized spacial score (nSPS) is 21.3. The molecule has 1 aromatic heterocycles. The summed E-state index contributed by atoms with van der Waals surface area (Å²) >= 11 is 0.892. The van der Waals surface area contributed by atoms with E-state index < -0.39 is 22.0 Å². The molecule has 1 atom stereocenters. The first-order valence-corrected chi connectivity index (χ1v) is 7.73. The van der Waals surface area contributed by atoms with Crippen molar-refractivity contribution in [3.05, 3.63) is 17.0 Å². The van der Waals surface area contributed by atoms with Crippen LogP contribution in [0.4, 0.5) is 0 Å². The van der Waals surface area contributed by atoms with Crippen molar-refractivity contribution in [3.8, 4) is 0 Å². The highest BCUT2D eigenvalue weighted by molar-refractivity contribution is 7.91. The van der Waals surface area contributed by atoms with Crippen molar-refractivity contribution in [2.24, 2.45) is 0 Å². The second kappa shape index (κ2) is 4.96. The zero-order valence-electron chi connectivity index (χ0n) is 9.44. The SMILES string of the molecule is O=C(O)c1csc(S(=O)(=O)N2CCC[C@H]2CO)c1. The van der Waals surface area contributed by atoms with E-state index in [2.05, 4.69) is 0 Å². The van der Waals surface area contributed by atoms with Gasteiger partial charge in [-0.3, -0.25) is 0 Å². The van der Waals surface area contributed by atoms with Gasteiger partial charge in [0.1, 0.15) is 4.21 Å². The maximum atomic E-state index is 12.3. The van der Waals surface area contributed by atoms with E-state index in [1.807, 2.05) is 0 Å². The highest BCUT2D eigenvalue weighted by atomic mass is 32.2. The van der Waals surface area contributed by atoms with Crippen LogP contribution in [0.3, 0.4) is 0 Å². The van der Waals surface area contributed by atoms with Gasteiger partial charge in [-0.25, -0.2) is 13.2 Å². The Bertz CT molecular complexity index is 550. The number of aliphatic hydroxyl groups excluding tert-OH is 1. The van der Waals surface area contributed by atoms with E-state index in [1.165, 1.54) is 9.69 Å². The molecule has 0 spiro atoms. The number of aromatic carboxylic acids is 1. The minimum Gasteiger partial charge on any atom is -0.478 e. The number of carbonyl (C=O) groups is 1. The van der Waals surface area contributed by atoms with Crippen molar-refractivity contribution in [3.63, 3.8) is 0 Å². The van der Waals surface area contributed by atoms with Crippen molar-refractivity contribution < 1.29 is 23.4 Å². The fraction of sp³-hybridized carbons (Fsp3) is 0.500. The molecule has 18 heavy (non-hydrogen) atoms. The summed E-state index contributed by atoms with van der Waals surface area (Å²) < 4.78 is 25.8. The number of thiophene rings is 1. The summed E-state index contributed by atoms with van der Waals surface area (Å²) in [5, 5.41) is 19.2. The van der Waals surface area contributed by atoms with Crippen molar-refractivity contribution in [2.75, 3.05) is 13.2 Å². The van der Waals surface area contributed by atoms with Gasteiger partial charge in [0.2, 0.25) is 0 Å². The Morgan fingerprint density at radius 3 is 2.83 bits per heavy atom. The Labute approximate surface area is 109 Å². The lowest BCUT2D eigenvalue weighted by molar-refractivity contribution is 0.0697. The molecule has 0 aliphatic carbocycles.